The van der Waals surface area contributed by atoms with Gasteiger partial charge in [-0.15, -0.1) is 0 Å². The molecule has 1 saturated carbocycles. The van der Waals surface area contributed by atoms with Gasteiger partial charge in [0.15, 0.2) is 0 Å². The molecule has 0 aliphatic heterocycles. The Kier molecular flexibility index (Phi) is 3.29. The Hall–Kier alpha value is -0.860. The summed E-state index contributed by atoms with van der Waals surface area (Å²) in [5.74, 6) is 0.0359. The van der Waals surface area contributed by atoms with Crippen molar-refractivity contribution in [1.29, 1.82) is 0 Å². The van der Waals surface area contributed by atoms with E-state index < -0.39 is 0 Å². The predicted molar refractivity (Wildman–Crippen MR) is 52.8 cm³/mol. The zero-order valence-electron chi connectivity index (χ0n) is 9.13. The fourth-order valence-electron chi connectivity index (χ4n) is 1.94. The van der Waals surface area contributed by atoms with Gasteiger partial charge in [-0.05, 0) is 19.8 Å². The number of hydrogen-bond acceptors (Lipinski definition) is 3. The first-order chi connectivity index (χ1) is 6.47. The Morgan fingerprint density at radius 1 is 1.57 bits per heavy atom. The number of carbonyl (C=O) groups excluding carboxylic acids is 2. The van der Waals surface area contributed by atoms with Crippen LogP contribution in [0.5, 0.6) is 0 Å². The zero-order valence-corrected chi connectivity index (χ0v) is 9.13. The highest BCUT2D eigenvalue weighted by molar-refractivity contribution is 5.87. The smallest absolute Gasteiger partial charge is 0.308 e. The highest BCUT2D eigenvalue weighted by Crippen LogP contribution is 2.36. The van der Waals surface area contributed by atoms with Gasteiger partial charge in [-0.2, -0.15) is 0 Å². The standard InChI is InChI=1S/C11H18O3/c1-4-14-10(13)8-5-6-9(12)11(2,3)7-8/h8H,4-7H2,1-3H3/t8-/m0/s1. The number of esters is 1. The Labute approximate surface area is 84.8 Å². The molecule has 80 valence electrons. The Bertz CT molecular complexity index is 243. The molecule has 0 aromatic heterocycles. The molecule has 0 aromatic rings. The van der Waals surface area contributed by atoms with Crippen LogP contribution in [-0.2, 0) is 14.3 Å². The summed E-state index contributed by atoms with van der Waals surface area (Å²) in [6.45, 7) is 6.03. The molecule has 1 atom stereocenters. The Balaban J connectivity index is 2.59. The van der Waals surface area contributed by atoms with E-state index in [0.29, 0.717) is 25.9 Å². The first-order valence-electron chi connectivity index (χ1n) is 5.17. The third kappa shape index (κ3) is 2.34. The molecular weight excluding hydrogens is 180 g/mol. The molecule has 0 spiro atoms. The summed E-state index contributed by atoms with van der Waals surface area (Å²) in [7, 11) is 0. The van der Waals surface area contributed by atoms with Crippen LogP contribution in [0.2, 0.25) is 0 Å². The van der Waals surface area contributed by atoms with Gasteiger partial charge in [0.05, 0.1) is 12.5 Å². The zero-order chi connectivity index (χ0) is 10.8. The number of ether oxygens (including phenoxy) is 1. The van der Waals surface area contributed by atoms with Gasteiger partial charge in [0.2, 0.25) is 0 Å². The molecule has 0 saturated heterocycles. The summed E-state index contributed by atoms with van der Waals surface area (Å²) in [4.78, 5) is 22.9. The molecule has 0 N–H and O–H groups in total. The van der Waals surface area contributed by atoms with Gasteiger partial charge in [-0.1, -0.05) is 13.8 Å². The number of ketones is 1. The lowest BCUT2D eigenvalue weighted by atomic mass is 9.71. The van der Waals surface area contributed by atoms with Gasteiger partial charge in [-0.25, -0.2) is 0 Å². The second kappa shape index (κ2) is 4.11. The van der Waals surface area contributed by atoms with Crippen molar-refractivity contribution in [3.8, 4) is 0 Å². The lowest BCUT2D eigenvalue weighted by Gasteiger charge is -2.32. The topological polar surface area (TPSA) is 43.4 Å². The number of rotatable bonds is 2. The van der Waals surface area contributed by atoms with Gasteiger partial charge in [0, 0.05) is 11.8 Å². The van der Waals surface area contributed by atoms with Crippen molar-refractivity contribution in [2.75, 3.05) is 6.61 Å². The Morgan fingerprint density at radius 3 is 2.71 bits per heavy atom. The summed E-state index contributed by atoms with van der Waals surface area (Å²) < 4.78 is 4.96. The average molecular weight is 198 g/mol. The first kappa shape index (κ1) is 11.2. The van der Waals surface area contributed by atoms with E-state index in [1.54, 1.807) is 6.92 Å². The minimum atomic E-state index is -0.352. The first-order valence-corrected chi connectivity index (χ1v) is 5.17. The molecule has 0 radical (unpaired) electrons. The van der Waals surface area contributed by atoms with Crippen LogP contribution in [0.4, 0.5) is 0 Å². The molecular formula is C11H18O3. The van der Waals surface area contributed by atoms with Crippen LogP contribution in [0.1, 0.15) is 40.0 Å². The Morgan fingerprint density at radius 2 is 2.21 bits per heavy atom. The number of Topliss-reactive ketones (excluding diaryl/α,β-unsaturated/α-hetero) is 1. The minimum absolute atomic E-state index is 0.0809. The van der Waals surface area contributed by atoms with Crippen molar-refractivity contribution in [2.24, 2.45) is 11.3 Å². The molecule has 0 heterocycles. The molecule has 0 bridgehead atoms. The van der Waals surface area contributed by atoms with Crippen molar-refractivity contribution in [3.05, 3.63) is 0 Å². The van der Waals surface area contributed by atoms with E-state index in [2.05, 4.69) is 0 Å². The van der Waals surface area contributed by atoms with Gasteiger partial charge < -0.3 is 4.74 Å². The molecule has 1 rings (SSSR count). The van der Waals surface area contributed by atoms with Crippen molar-refractivity contribution < 1.29 is 14.3 Å². The van der Waals surface area contributed by atoms with Crippen LogP contribution in [0, 0.1) is 11.3 Å². The molecule has 0 unspecified atom stereocenters. The lowest BCUT2D eigenvalue weighted by Crippen LogP contribution is -2.36. The van der Waals surface area contributed by atoms with Crippen LogP contribution in [0.3, 0.4) is 0 Å². The van der Waals surface area contributed by atoms with E-state index in [-0.39, 0.29) is 23.1 Å². The largest absolute Gasteiger partial charge is 0.466 e. The van der Waals surface area contributed by atoms with Crippen LogP contribution >= 0.6 is 0 Å². The summed E-state index contributed by atoms with van der Waals surface area (Å²) in [5.41, 5.74) is -0.352. The maximum Gasteiger partial charge on any atom is 0.308 e. The molecule has 1 fully saturated rings. The average Bonchev–Trinajstić information content (AvgIpc) is 2.10. The number of hydrogen-bond donors (Lipinski definition) is 0. The van der Waals surface area contributed by atoms with E-state index in [1.807, 2.05) is 13.8 Å². The summed E-state index contributed by atoms with van der Waals surface area (Å²) in [5, 5.41) is 0. The van der Waals surface area contributed by atoms with Gasteiger partial charge >= 0.3 is 5.97 Å². The lowest BCUT2D eigenvalue weighted by molar-refractivity contribution is -0.152. The second-order valence-corrected chi connectivity index (χ2v) is 4.50. The summed E-state index contributed by atoms with van der Waals surface area (Å²) in [6.07, 6.45) is 1.79. The molecule has 1 aliphatic rings. The van der Waals surface area contributed by atoms with Gasteiger partial charge in [0.1, 0.15) is 5.78 Å². The van der Waals surface area contributed by atoms with E-state index in [4.69, 9.17) is 4.74 Å². The van der Waals surface area contributed by atoms with E-state index >= 15 is 0 Å². The highest BCUT2D eigenvalue weighted by Gasteiger charge is 2.38. The maximum atomic E-state index is 11.5. The van der Waals surface area contributed by atoms with Crippen LogP contribution in [-0.4, -0.2) is 18.4 Å². The monoisotopic (exact) mass is 198 g/mol. The summed E-state index contributed by atoms with van der Waals surface area (Å²) in [6, 6.07) is 0. The molecule has 14 heavy (non-hydrogen) atoms. The molecule has 3 heteroatoms. The predicted octanol–water partition coefficient (Wildman–Crippen LogP) is 1.94. The minimum Gasteiger partial charge on any atom is -0.466 e. The fraction of sp³-hybridized carbons (Fsp3) is 0.818. The van der Waals surface area contributed by atoms with Crippen LogP contribution in [0.15, 0.2) is 0 Å². The molecule has 0 amide bonds. The quantitative estimate of drug-likeness (QED) is 0.637. The summed E-state index contributed by atoms with van der Waals surface area (Å²) >= 11 is 0. The van der Waals surface area contributed by atoms with Crippen molar-refractivity contribution >= 4 is 11.8 Å². The van der Waals surface area contributed by atoms with Crippen LogP contribution in [0.25, 0.3) is 0 Å². The van der Waals surface area contributed by atoms with Crippen molar-refractivity contribution in [2.45, 2.75) is 40.0 Å². The van der Waals surface area contributed by atoms with Gasteiger partial charge in [0.25, 0.3) is 0 Å². The van der Waals surface area contributed by atoms with Crippen LogP contribution < -0.4 is 0 Å². The van der Waals surface area contributed by atoms with E-state index in [1.165, 1.54) is 0 Å². The van der Waals surface area contributed by atoms with E-state index in [9.17, 15) is 9.59 Å². The SMILES string of the molecule is CCOC(=O)[C@H]1CCC(=O)C(C)(C)C1. The van der Waals surface area contributed by atoms with E-state index in [0.717, 1.165) is 0 Å². The third-order valence-electron chi connectivity index (χ3n) is 2.85. The van der Waals surface area contributed by atoms with Crippen molar-refractivity contribution in [1.82, 2.24) is 0 Å². The second-order valence-electron chi connectivity index (χ2n) is 4.50. The van der Waals surface area contributed by atoms with Crippen molar-refractivity contribution in [3.63, 3.8) is 0 Å². The maximum absolute atomic E-state index is 11.5. The molecule has 0 aromatic carbocycles. The molecule has 1 aliphatic carbocycles. The molecule has 3 nitrogen and oxygen atoms in total. The fourth-order valence-corrected chi connectivity index (χ4v) is 1.94. The van der Waals surface area contributed by atoms with Gasteiger partial charge in [-0.3, -0.25) is 9.59 Å². The highest BCUT2D eigenvalue weighted by atomic mass is 16.5. The number of carbonyl (C=O) groups is 2. The normalized spacial score (nSPS) is 25.9. The third-order valence-corrected chi connectivity index (χ3v) is 2.85.